The van der Waals surface area contributed by atoms with Gasteiger partial charge in [-0.1, -0.05) is 42.5 Å². The minimum atomic E-state index is -0.166. The van der Waals surface area contributed by atoms with Gasteiger partial charge in [0, 0.05) is 5.56 Å². The second kappa shape index (κ2) is 3.08. The maximum atomic E-state index is 5.30. The Labute approximate surface area is 82.1 Å². The predicted octanol–water partition coefficient (Wildman–Crippen LogP) is 2.84. The van der Waals surface area contributed by atoms with Gasteiger partial charge in [-0.05, 0) is 10.8 Å². The molecule has 0 unspecified atom stereocenters. The molecule has 0 spiro atoms. The summed E-state index contributed by atoms with van der Waals surface area (Å²) < 4.78 is 10.6. The summed E-state index contributed by atoms with van der Waals surface area (Å²) in [5.41, 5.74) is 1.12. The van der Waals surface area contributed by atoms with Gasteiger partial charge in [-0.15, -0.1) is 0 Å². The van der Waals surface area contributed by atoms with Gasteiger partial charge >= 0.3 is 0 Å². The fourth-order valence-corrected chi connectivity index (χ4v) is 1.77. The summed E-state index contributed by atoms with van der Waals surface area (Å²) in [6.45, 7) is 0.411. The molecule has 0 amide bonds. The molecule has 0 aromatic heterocycles. The van der Waals surface area contributed by atoms with Crippen molar-refractivity contribution in [2.45, 2.75) is 6.29 Å². The van der Waals surface area contributed by atoms with Crippen molar-refractivity contribution in [3.63, 3.8) is 0 Å². The van der Waals surface area contributed by atoms with Crippen LogP contribution in [0.1, 0.15) is 11.9 Å². The van der Waals surface area contributed by atoms with E-state index in [1.807, 2.05) is 24.3 Å². The third kappa shape index (κ3) is 1.12. The van der Waals surface area contributed by atoms with Gasteiger partial charge in [0.05, 0.1) is 0 Å². The van der Waals surface area contributed by atoms with Crippen molar-refractivity contribution in [2.24, 2.45) is 0 Å². The highest BCUT2D eigenvalue weighted by Crippen LogP contribution is 2.31. The van der Waals surface area contributed by atoms with E-state index in [2.05, 4.69) is 18.2 Å². The molecule has 0 bridgehead atoms. The van der Waals surface area contributed by atoms with E-state index in [0.717, 1.165) is 5.56 Å². The van der Waals surface area contributed by atoms with E-state index in [0.29, 0.717) is 6.79 Å². The van der Waals surface area contributed by atoms with E-state index < -0.39 is 0 Å². The molecule has 1 aliphatic rings. The van der Waals surface area contributed by atoms with Crippen LogP contribution in [0.15, 0.2) is 42.5 Å². The normalized spacial score (nSPS) is 16.9. The summed E-state index contributed by atoms with van der Waals surface area (Å²) in [7, 11) is 0. The van der Waals surface area contributed by atoms with Gasteiger partial charge in [0.15, 0.2) is 13.1 Å². The van der Waals surface area contributed by atoms with E-state index in [4.69, 9.17) is 9.47 Å². The van der Waals surface area contributed by atoms with Crippen molar-refractivity contribution in [2.75, 3.05) is 6.79 Å². The lowest BCUT2D eigenvalue weighted by Gasteiger charge is -2.27. The Morgan fingerprint density at radius 1 is 0.929 bits per heavy atom. The predicted molar refractivity (Wildman–Crippen MR) is 53.7 cm³/mol. The SMILES string of the molecule is c1ccc2c(C3OCO3)cccc2c1. The van der Waals surface area contributed by atoms with Crippen LogP contribution in [0.2, 0.25) is 0 Å². The van der Waals surface area contributed by atoms with Gasteiger partial charge in [0.25, 0.3) is 0 Å². The van der Waals surface area contributed by atoms with E-state index in [1.54, 1.807) is 0 Å². The van der Waals surface area contributed by atoms with Crippen LogP contribution in [-0.2, 0) is 9.47 Å². The van der Waals surface area contributed by atoms with E-state index in [9.17, 15) is 0 Å². The molecule has 14 heavy (non-hydrogen) atoms. The highest BCUT2D eigenvalue weighted by molar-refractivity contribution is 5.85. The van der Waals surface area contributed by atoms with Crippen molar-refractivity contribution in [3.05, 3.63) is 48.0 Å². The Hall–Kier alpha value is -1.38. The fraction of sp³-hybridized carbons (Fsp3) is 0.167. The van der Waals surface area contributed by atoms with E-state index >= 15 is 0 Å². The first kappa shape index (κ1) is 7.97. The number of ether oxygens (including phenoxy) is 2. The lowest BCUT2D eigenvalue weighted by Crippen LogP contribution is -2.22. The lowest BCUT2D eigenvalue weighted by molar-refractivity contribution is -0.326. The van der Waals surface area contributed by atoms with Crippen LogP contribution in [-0.4, -0.2) is 6.79 Å². The monoisotopic (exact) mass is 186 g/mol. The van der Waals surface area contributed by atoms with Gasteiger partial charge in [-0.3, -0.25) is 0 Å². The summed E-state index contributed by atoms with van der Waals surface area (Å²) in [5.74, 6) is 0. The molecule has 70 valence electrons. The standard InChI is InChI=1S/C12H10O2/c1-2-6-10-9(4-1)5-3-7-11(10)12-13-8-14-12/h1-7,12H,8H2. The summed E-state index contributed by atoms with van der Waals surface area (Å²) in [5, 5.41) is 2.43. The minimum absolute atomic E-state index is 0.166. The molecule has 2 nitrogen and oxygen atoms in total. The van der Waals surface area contributed by atoms with Gasteiger partial charge in [-0.25, -0.2) is 0 Å². The van der Waals surface area contributed by atoms with Crippen LogP contribution in [0.5, 0.6) is 0 Å². The van der Waals surface area contributed by atoms with Crippen molar-refractivity contribution in [1.29, 1.82) is 0 Å². The largest absolute Gasteiger partial charge is 0.322 e. The Kier molecular flexibility index (Phi) is 1.76. The Morgan fingerprint density at radius 3 is 2.50 bits per heavy atom. The third-order valence-electron chi connectivity index (χ3n) is 2.52. The summed E-state index contributed by atoms with van der Waals surface area (Å²) >= 11 is 0. The smallest absolute Gasteiger partial charge is 0.189 e. The molecule has 1 heterocycles. The first-order valence-corrected chi connectivity index (χ1v) is 4.66. The molecular weight excluding hydrogens is 176 g/mol. The molecule has 1 saturated heterocycles. The molecule has 1 aliphatic heterocycles. The third-order valence-corrected chi connectivity index (χ3v) is 2.52. The van der Waals surface area contributed by atoms with E-state index in [-0.39, 0.29) is 6.29 Å². The number of hydrogen-bond donors (Lipinski definition) is 0. The van der Waals surface area contributed by atoms with Crippen LogP contribution in [0, 0.1) is 0 Å². The summed E-state index contributed by atoms with van der Waals surface area (Å²) in [6.07, 6.45) is -0.166. The number of rotatable bonds is 1. The molecular formula is C12H10O2. The van der Waals surface area contributed by atoms with Crippen molar-refractivity contribution in [3.8, 4) is 0 Å². The van der Waals surface area contributed by atoms with Gasteiger partial charge in [0.2, 0.25) is 0 Å². The molecule has 2 aromatic rings. The zero-order valence-electron chi connectivity index (χ0n) is 7.64. The molecule has 0 saturated carbocycles. The highest BCUT2D eigenvalue weighted by Gasteiger charge is 2.22. The molecule has 0 N–H and O–H groups in total. The quantitative estimate of drug-likeness (QED) is 0.681. The molecule has 1 fully saturated rings. The zero-order valence-corrected chi connectivity index (χ0v) is 7.64. The van der Waals surface area contributed by atoms with Crippen LogP contribution in [0.25, 0.3) is 10.8 Å². The van der Waals surface area contributed by atoms with E-state index in [1.165, 1.54) is 10.8 Å². The number of hydrogen-bond acceptors (Lipinski definition) is 2. The second-order valence-corrected chi connectivity index (χ2v) is 3.35. The number of benzene rings is 2. The second-order valence-electron chi connectivity index (χ2n) is 3.35. The molecule has 0 radical (unpaired) electrons. The average Bonchev–Trinajstić information content (AvgIpc) is 2.16. The first-order chi connectivity index (χ1) is 6.95. The van der Waals surface area contributed by atoms with Crippen molar-refractivity contribution < 1.29 is 9.47 Å². The van der Waals surface area contributed by atoms with Gasteiger partial charge in [-0.2, -0.15) is 0 Å². The van der Waals surface area contributed by atoms with Crippen LogP contribution in [0.3, 0.4) is 0 Å². The average molecular weight is 186 g/mol. The molecule has 2 aromatic carbocycles. The molecule has 3 rings (SSSR count). The minimum Gasteiger partial charge on any atom is -0.322 e. The maximum Gasteiger partial charge on any atom is 0.189 e. The Bertz CT molecular complexity index is 455. The van der Waals surface area contributed by atoms with Crippen molar-refractivity contribution in [1.82, 2.24) is 0 Å². The molecule has 2 heteroatoms. The Morgan fingerprint density at radius 2 is 1.71 bits per heavy atom. The molecule has 0 aliphatic carbocycles. The maximum absolute atomic E-state index is 5.30. The first-order valence-electron chi connectivity index (χ1n) is 4.66. The summed E-state index contributed by atoms with van der Waals surface area (Å²) in [4.78, 5) is 0. The fourth-order valence-electron chi connectivity index (χ4n) is 1.77. The van der Waals surface area contributed by atoms with Crippen molar-refractivity contribution >= 4 is 10.8 Å². The zero-order chi connectivity index (χ0) is 9.38. The van der Waals surface area contributed by atoms with Crippen LogP contribution < -0.4 is 0 Å². The highest BCUT2D eigenvalue weighted by atomic mass is 16.8. The summed E-state index contributed by atoms with van der Waals surface area (Å²) in [6, 6.07) is 14.4. The van der Waals surface area contributed by atoms with Crippen LogP contribution in [0.4, 0.5) is 0 Å². The number of fused-ring (bicyclic) bond motifs is 1. The topological polar surface area (TPSA) is 18.5 Å². The Balaban J connectivity index is 2.22. The van der Waals surface area contributed by atoms with Crippen LogP contribution >= 0.6 is 0 Å². The van der Waals surface area contributed by atoms with Gasteiger partial charge < -0.3 is 9.47 Å². The molecule has 0 atom stereocenters. The lowest BCUT2D eigenvalue weighted by atomic mass is 10.0. The van der Waals surface area contributed by atoms with Gasteiger partial charge in [0.1, 0.15) is 0 Å².